The molecule has 0 N–H and O–H groups in total. The van der Waals surface area contributed by atoms with Crippen LogP contribution in [-0.4, -0.2) is 27.4 Å². The lowest BCUT2D eigenvalue weighted by atomic mass is 10.1. The van der Waals surface area contributed by atoms with E-state index in [1.54, 1.807) is 35.8 Å². The average molecular weight is 444 g/mol. The lowest BCUT2D eigenvalue weighted by molar-refractivity contribution is -0.134. The molecule has 0 radical (unpaired) electrons. The molecule has 32 heavy (non-hydrogen) atoms. The molecule has 2 aromatic carbocycles. The number of benzene rings is 2. The summed E-state index contributed by atoms with van der Waals surface area (Å²) in [6.45, 7) is 0.759. The van der Waals surface area contributed by atoms with Crippen LogP contribution in [0.2, 0.25) is 5.02 Å². The van der Waals surface area contributed by atoms with Crippen molar-refractivity contribution in [2.45, 2.75) is 13.1 Å². The van der Waals surface area contributed by atoms with Crippen LogP contribution in [-0.2, 0) is 17.9 Å². The summed E-state index contributed by atoms with van der Waals surface area (Å²) in [4.78, 5) is 23.0. The average Bonchev–Trinajstić information content (AvgIpc) is 2.84. The van der Waals surface area contributed by atoms with E-state index in [2.05, 4.69) is 9.97 Å². The number of hydrogen-bond donors (Lipinski definition) is 0. The lowest BCUT2D eigenvalue weighted by Gasteiger charge is -2.23. The number of ether oxygens (including phenoxy) is 1. The van der Waals surface area contributed by atoms with Crippen molar-refractivity contribution >= 4 is 17.5 Å². The Kier molecular flexibility index (Phi) is 7.10. The van der Waals surface area contributed by atoms with Crippen LogP contribution in [0, 0.1) is 0 Å². The second-order valence-electron chi connectivity index (χ2n) is 7.27. The smallest absolute Gasteiger partial charge is 0.261 e. The zero-order chi connectivity index (χ0) is 22.2. The molecule has 4 rings (SSSR count). The first-order valence-corrected chi connectivity index (χ1v) is 10.6. The number of aromatic nitrogens is 2. The van der Waals surface area contributed by atoms with Gasteiger partial charge in [0.25, 0.3) is 5.91 Å². The summed E-state index contributed by atoms with van der Waals surface area (Å²) >= 11 is 6.44. The summed E-state index contributed by atoms with van der Waals surface area (Å²) < 4.78 is 5.79. The van der Waals surface area contributed by atoms with Gasteiger partial charge in [0.1, 0.15) is 5.75 Å². The van der Waals surface area contributed by atoms with Crippen molar-refractivity contribution in [2.75, 3.05) is 6.61 Å². The molecule has 0 aliphatic rings. The van der Waals surface area contributed by atoms with E-state index >= 15 is 0 Å². The van der Waals surface area contributed by atoms with Crippen molar-refractivity contribution < 1.29 is 9.53 Å². The molecule has 4 aromatic rings. The highest BCUT2D eigenvalue weighted by molar-refractivity contribution is 6.32. The van der Waals surface area contributed by atoms with E-state index in [-0.39, 0.29) is 12.5 Å². The minimum absolute atomic E-state index is 0.115. The van der Waals surface area contributed by atoms with Crippen molar-refractivity contribution in [3.05, 3.63) is 114 Å². The summed E-state index contributed by atoms with van der Waals surface area (Å²) in [7, 11) is 0. The molecule has 160 valence electrons. The largest absolute Gasteiger partial charge is 0.482 e. The maximum absolute atomic E-state index is 13.0. The fraction of sp³-hybridized carbons (Fsp3) is 0.115. The number of amides is 1. The van der Waals surface area contributed by atoms with Crippen molar-refractivity contribution in [1.29, 1.82) is 0 Å². The van der Waals surface area contributed by atoms with Crippen molar-refractivity contribution in [1.82, 2.24) is 14.9 Å². The topological polar surface area (TPSA) is 55.3 Å². The molecule has 0 aliphatic heterocycles. The Morgan fingerprint density at radius 3 is 2.31 bits per heavy atom. The van der Waals surface area contributed by atoms with Crippen LogP contribution in [0.5, 0.6) is 5.75 Å². The zero-order valence-electron chi connectivity index (χ0n) is 17.4. The molecule has 0 fully saturated rings. The Morgan fingerprint density at radius 1 is 0.812 bits per heavy atom. The van der Waals surface area contributed by atoms with Gasteiger partial charge in [-0.05, 0) is 52.6 Å². The predicted octanol–water partition coefficient (Wildman–Crippen LogP) is 5.40. The van der Waals surface area contributed by atoms with Gasteiger partial charge in [-0.15, -0.1) is 0 Å². The number of carbonyl (C=O) groups excluding carboxylic acids is 1. The van der Waals surface area contributed by atoms with Gasteiger partial charge >= 0.3 is 0 Å². The highest BCUT2D eigenvalue weighted by Gasteiger charge is 2.17. The number of carbonyl (C=O) groups is 1. The van der Waals surface area contributed by atoms with E-state index in [1.807, 2.05) is 66.7 Å². The van der Waals surface area contributed by atoms with E-state index < -0.39 is 0 Å². The standard InChI is InChI=1S/C26H22ClN3O2/c27-24-15-23(22-6-2-1-3-7-22)8-9-25(24)32-19-26(31)30(17-20-10-13-28-14-11-20)18-21-5-4-12-29-16-21/h1-16H,17-19H2. The molecule has 0 saturated heterocycles. The maximum Gasteiger partial charge on any atom is 0.261 e. The first-order valence-electron chi connectivity index (χ1n) is 10.2. The number of rotatable bonds is 8. The molecule has 0 spiro atoms. The lowest BCUT2D eigenvalue weighted by Crippen LogP contribution is -2.34. The van der Waals surface area contributed by atoms with E-state index in [0.29, 0.717) is 23.9 Å². The fourth-order valence-electron chi connectivity index (χ4n) is 3.31. The third-order valence-corrected chi connectivity index (χ3v) is 5.26. The third kappa shape index (κ3) is 5.71. The van der Waals surface area contributed by atoms with Crippen LogP contribution < -0.4 is 4.74 Å². The fourth-order valence-corrected chi connectivity index (χ4v) is 3.55. The van der Waals surface area contributed by atoms with E-state index in [0.717, 1.165) is 22.3 Å². The van der Waals surface area contributed by atoms with Gasteiger partial charge in [0, 0.05) is 37.9 Å². The molecule has 2 aromatic heterocycles. The number of pyridine rings is 2. The van der Waals surface area contributed by atoms with Gasteiger partial charge in [-0.25, -0.2) is 0 Å². The van der Waals surface area contributed by atoms with Gasteiger partial charge in [-0.3, -0.25) is 14.8 Å². The van der Waals surface area contributed by atoms with E-state index in [4.69, 9.17) is 16.3 Å². The molecule has 2 heterocycles. The molecule has 0 saturated carbocycles. The highest BCUT2D eigenvalue weighted by Crippen LogP contribution is 2.30. The van der Waals surface area contributed by atoms with E-state index in [9.17, 15) is 4.79 Å². The minimum Gasteiger partial charge on any atom is -0.482 e. The molecule has 0 aliphatic carbocycles. The number of hydrogen-bond acceptors (Lipinski definition) is 4. The normalized spacial score (nSPS) is 10.5. The van der Waals surface area contributed by atoms with Crippen LogP contribution in [0.15, 0.2) is 97.6 Å². The number of nitrogens with zero attached hydrogens (tertiary/aromatic N) is 3. The molecule has 1 amide bonds. The minimum atomic E-state index is -0.145. The third-order valence-electron chi connectivity index (χ3n) is 4.96. The molecule has 5 nitrogen and oxygen atoms in total. The molecule has 0 atom stereocenters. The Morgan fingerprint density at radius 2 is 1.59 bits per heavy atom. The molecular weight excluding hydrogens is 422 g/mol. The summed E-state index contributed by atoms with van der Waals surface area (Å²) in [5.41, 5.74) is 3.99. The van der Waals surface area contributed by atoms with Gasteiger partial charge in [0.15, 0.2) is 6.61 Å². The first-order chi connectivity index (χ1) is 15.7. The zero-order valence-corrected chi connectivity index (χ0v) is 18.2. The van der Waals surface area contributed by atoms with Crippen LogP contribution in [0.1, 0.15) is 11.1 Å². The van der Waals surface area contributed by atoms with Gasteiger partial charge in [0.2, 0.25) is 0 Å². The van der Waals surface area contributed by atoms with Gasteiger partial charge < -0.3 is 9.64 Å². The Balaban J connectivity index is 1.45. The van der Waals surface area contributed by atoms with Crippen LogP contribution >= 0.6 is 11.6 Å². The van der Waals surface area contributed by atoms with Crippen molar-refractivity contribution in [3.63, 3.8) is 0 Å². The van der Waals surface area contributed by atoms with Gasteiger partial charge in [-0.2, -0.15) is 0 Å². The van der Waals surface area contributed by atoms with Crippen molar-refractivity contribution in [2.24, 2.45) is 0 Å². The summed E-state index contributed by atoms with van der Waals surface area (Å²) in [6, 6.07) is 23.1. The Labute approximate surface area is 192 Å². The predicted molar refractivity (Wildman–Crippen MR) is 125 cm³/mol. The Bertz CT molecular complexity index is 1110. The SMILES string of the molecule is O=C(COc1ccc(-c2ccccc2)cc1Cl)N(Cc1ccncc1)Cc1cccnc1. The summed E-state index contributed by atoms with van der Waals surface area (Å²) in [5.74, 6) is 0.332. The summed E-state index contributed by atoms with van der Waals surface area (Å²) in [5, 5.41) is 0.465. The van der Waals surface area contributed by atoms with Crippen LogP contribution in [0.4, 0.5) is 0 Å². The number of halogens is 1. The molecule has 6 heteroatoms. The highest BCUT2D eigenvalue weighted by atomic mass is 35.5. The maximum atomic E-state index is 13.0. The molecule has 0 unspecified atom stereocenters. The van der Waals surface area contributed by atoms with Gasteiger partial charge in [-0.1, -0.05) is 54.1 Å². The Hall–Kier alpha value is -3.70. The quantitative estimate of drug-likeness (QED) is 0.365. The van der Waals surface area contributed by atoms with Crippen LogP contribution in [0.3, 0.4) is 0 Å². The van der Waals surface area contributed by atoms with Crippen molar-refractivity contribution in [3.8, 4) is 16.9 Å². The second-order valence-corrected chi connectivity index (χ2v) is 7.67. The van der Waals surface area contributed by atoms with E-state index in [1.165, 1.54) is 0 Å². The van der Waals surface area contributed by atoms with Crippen LogP contribution in [0.25, 0.3) is 11.1 Å². The summed E-state index contributed by atoms with van der Waals surface area (Å²) in [6.07, 6.45) is 6.90. The molecular formula is C26H22ClN3O2. The first kappa shape index (κ1) is 21.5. The molecule has 0 bridgehead atoms. The monoisotopic (exact) mass is 443 g/mol. The second kappa shape index (κ2) is 10.6. The van der Waals surface area contributed by atoms with Gasteiger partial charge in [0.05, 0.1) is 5.02 Å².